The lowest BCUT2D eigenvalue weighted by atomic mass is 9.97. The van der Waals surface area contributed by atoms with Crippen molar-refractivity contribution in [3.8, 4) is 5.75 Å². The molecule has 1 aromatic carbocycles. The van der Waals surface area contributed by atoms with Gasteiger partial charge in [-0.25, -0.2) is 0 Å². The van der Waals surface area contributed by atoms with E-state index in [9.17, 15) is 4.79 Å². The van der Waals surface area contributed by atoms with Crippen LogP contribution in [0.2, 0.25) is 0 Å². The number of hydrogen-bond donors (Lipinski definition) is 2. The number of hydrogen-bond acceptors (Lipinski definition) is 2. The first kappa shape index (κ1) is 11.0. The fourth-order valence-electron chi connectivity index (χ4n) is 2.04. The molecule has 2 rings (SSSR count). The number of carbonyl (C=O) groups is 1. The molecular formula is C13H17NO2. The van der Waals surface area contributed by atoms with E-state index in [4.69, 9.17) is 5.11 Å². The fourth-order valence-corrected chi connectivity index (χ4v) is 2.04. The number of benzene rings is 1. The smallest absolute Gasteiger partial charge is 0.230 e. The molecule has 1 fully saturated rings. The van der Waals surface area contributed by atoms with Gasteiger partial charge in [0.2, 0.25) is 5.91 Å². The van der Waals surface area contributed by atoms with Gasteiger partial charge in [-0.3, -0.25) is 4.79 Å². The topological polar surface area (TPSA) is 49.3 Å². The van der Waals surface area contributed by atoms with Crippen LogP contribution in [0.15, 0.2) is 24.3 Å². The highest BCUT2D eigenvalue weighted by atomic mass is 16.3. The number of nitrogens with one attached hydrogen (secondary N) is 1. The first-order valence-electron chi connectivity index (χ1n) is 5.46. The average molecular weight is 219 g/mol. The second-order valence-electron chi connectivity index (χ2n) is 5.39. The van der Waals surface area contributed by atoms with Crippen molar-refractivity contribution >= 4 is 11.6 Å². The third-order valence-corrected chi connectivity index (χ3v) is 3.79. The van der Waals surface area contributed by atoms with Gasteiger partial charge in [0.25, 0.3) is 0 Å². The van der Waals surface area contributed by atoms with Gasteiger partial charge in [-0.05, 0) is 36.1 Å². The standard InChI is InChI=1S/C13H17NO2/c1-12(2)8-13(12,3)11(16)14-9-4-6-10(15)7-5-9/h4-7,15H,8H2,1-3H3,(H,14,16). The third kappa shape index (κ3) is 1.66. The van der Waals surface area contributed by atoms with Crippen LogP contribution in [-0.4, -0.2) is 11.0 Å². The molecule has 1 aromatic rings. The van der Waals surface area contributed by atoms with Gasteiger partial charge in [0.1, 0.15) is 5.75 Å². The Morgan fingerprint density at radius 1 is 1.25 bits per heavy atom. The zero-order valence-electron chi connectivity index (χ0n) is 9.87. The summed E-state index contributed by atoms with van der Waals surface area (Å²) in [7, 11) is 0. The van der Waals surface area contributed by atoms with Crippen LogP contribution >= 0.6 is 0 Å². The SMILES string of the molecule is CC1(C)CC1(C)C(=O)Nc1ccc(O)cc1. The summed E-state index contributed by atoms with van der Waals surface area (Å²) in [4.78, 5) is 12.0. The van der Waals surface area contributed by atoms with Crippen LogP contribution in [0.5, 0.6) is 5.75 Å². The number of aromatic hydroxyl groups is 1. The first-order chi connectivity index (χ1) is 7.35. The fraction of sp³-hybridized carbons (Fsp3) is 0.462. The minimum absolute atomic E-state index is 0.0585. The average Bonchev–Trinajstić information content (AvgIpc) is 2.71. The molecule has 0 aliphatic heterocycles. The van der Waals surface area contributed by atoms with Crippen molar-refractivity contribution in [3.63, 3.8) is 0 Å². The maximum atomic E-state index is 12.0. The monoisotopic (exact) mass is 219 g/mol. The van der Waals surface area contributed by atoms with Crippen molar-refractivity contribution in [1.82, 2.24) is 0 Å². The Morgan fingerprint density at radius 2 is 1.75 bits per heavy atom. The van der Waals surface area contributed by atoms with E-state index in [1.807, 2.05) is 6.92 Å². The molecule has 3 heteroatoms. The van der Waals surface area contributed by atoms with E-state index < -0.39 is 0 Å². The van der Waals surface area contributed by atoms with E-state index in [2.05, 4.69) is 19.2 Å². The van der Waals surface area contributed by atoms with E-state index in [0.717, 1.165) is 12.1 Å². The van der Waals surface area contributed by atoms with Crippen LogP contribution in [0, 0.1) is 10.8 Å². The molecule has 1 aliphatic carbocycles. The van der Waals surface area contributed by atoms with Crippen LogP contribution in [0.4, 0.5) is 5.69 Å². The molecule has 1 amide bonds. The number of rotatable bonds is 2. The summed E-state index contributed by atoms with van der Waals surface area (Å²) in [6.07, 6.45) is 0.921. The Balaban J connectivity index is 2.07. The van der Waals surface area contributed by atoms with E-state index in [1.54, 1.807) is 24.3 Å². The quantitative estimate of drug-likeness (QED) is 0.751. The number of phenols is 1. The van der Waals surface area contributed by atoms with Gasteiger partial charge in [0, 0.05) is 5.69 Å². The molecule has 0 saturated heterocycles. The van der Waals surface area contributed by atoms with Gasteiger partial charge in [0.05, 0.1) is 5.41 Å². The summed E-state index contributed by atoms with van der Waals surface area (Å²) >= 11 is 0. The minimum Gasteiger partial charge on any atom is -0.508 e. The number of phenolic OH excluding ortho intramolecular Hbond substituents is 1. The lowest BCUT2D eigenvalue weighted by molar-refractivity contribution is -0.121. The maximum absolute atomic E-state index is 12.0. The van der Waals surface area contributed by atoms with Crippen LogP contribution < -0.4 is 5.32 Å². The molecule has 1 saturated carbocycles. The Kier molecular flexibility index (Phi) is 2.22. The van der Waals surface area contributed by atoms with Crippen LogP contribution in [0.3, 0.4) is 0 Å². The van der Waals surface area contributed by atoms with Gasteiger partial charge in [-0.2, -0.15) is 0 Å². The zero-order chi connectivity index (χ0) is 12.0. The van der Waals surface area contributed by atoms with Gasteiger partial charge in [0.15, 0.2) is 0 Å². The number of anilines is 1. The molecule has 0 radical (unpaired) electrons. The van der Waals surface area contributed by atoms with E-state index in [1.165, 1.54) is 0 Å². The normalized spacial score (nSPS) is 26.2. The predicted molar refractivity (Wildman–Crippen MR) is 63.2 cm³/mol. The van der Waals surface area contributed by atoms with Crippen molar-refractivity contribution in [1.29, 1.82) is 0 Å². The Bertz CT molecular complexity index is 422. The van der Waals surface area contributed by atoms with Gasteiger partial charge in [-0.1, -0.05) is 20.8 Å². The molecule has 1 unspecified atom stereocenters. The van der Waals surface area contributed by atoms with E-state index in [0.29, 0.717) is 0 Å². The molecule has 0 bridgehead atoms. The lowest BCUT2D eigenvalue weighted by Gasteiger charge is -2.14. The molecule has 1 atom stereocenters. The highest BCUT2D eigenvalue weighted by molar-refractivity contribution is 5.97. The van der Waals surface area contributed by atoms with Crippen molar-refractivity contribution in [2.45, 2.75) is 27.2 Å². The molecule has 16 heavy (non-hydrogen) atoms. The third-order valence-electron chi connectivity index (χ3n) is 3.79. The summed E-state index contributed by atoms with van der Waals surface area (Å²) in [6.45, 7) is 6.19. The minimum atomic E-state index is -0.259. The highest BCUT2D eigenvalue weighted by Crippen LogP contribution is 2.63. The van der Waals surface area contributed by atoms with Gasteiger partial charge in [-0.15, -0.1) is 0 Å². The van der Waals surface area contributed by atoms with Crippen LogP contribution in [0.25, 0.3) is 0 Å². The number of amides is 1. The molecule has 2 N–H and O–H groups in total. The largest absolute Gasteiger partial charge is 0.508 e. The predicted octanol–water partition coefficient (Wildman–Crippen LogP) is 2.77. The summed E-state index contributed by atoms with van der Waals surface area (Å²) in [5.41, 5.74) is 0.561. The van der Waals surface area contributed by atoms with Crippen molar-refractivity contribution in [3.05, 3.63) is 24.3 Å². The maximum Gasteiger partial charge on any atom is 0.230 e. The van der Waals surface area contributed by atoms with Crippen LogP contribution in [0.1, 0.15) is 27.2 Å². The zero-order valence-corrected chi connectivity index (χ0v) is 9.87. The second-order valence-corrected chi connectivity index (χ2v) is 5.39. The molecule has 1 aliphatic rings. The van der Waals surface area contributed by atoms with Gasteiger partial charge >= 0.3 is 0 Å². The van der Waals surface area contributed by atoms with Crippen molar-refractivity contribution < 1.29 is 9.90 Å². The van der Waals surface area contributed by atoms with Crippen LogP contribution in [-0.2, 0) is 4.79 Å². The number of carbonyl (C=O) groups excluding carboxylic acids is 1. The Labute approximate surface area is 95.5 Å². The summed E-state index contributed by atoms with van der Waals surface area (Å²) < 4.78 is 0. The molecule has 0 aromatic heterocycles. The van der Waals surface area contributed by atoms with Crippen molar-refractivity contribution in [2.75, 3.05) is 5.32 Å². The molecular weight excluding hydrogens is 202 g/mol. The lowest BCUT2D eigenvalue weighted by Crippen LogP contribution is -2.25. The van der Waals surface area contributed by atoms with E-state index >= 15 is 0 Å². The first-order valence-corrected chi connectivity index (χ1v) is 5.46. The summed E-state index contributed by atoms with van der Waals surface area (Å²) in [5, 5.41) is 12.0. The summed E-state index contributed by atoms with van der Waals surface area (Å²) in [6, 6.07) is 6.53. The molecule has 86 valence electrons. The molecule has 0 spiro atoms. The second kappa shape index (κ2) is 3.24. The molecule has 0 heterocycles. The summed E-state index contributed by atoms with van der Waals surface area (Å²) in [5.74, 6) is 0.263. The Hall–Kier alpha value is -1.51. The molecule has 3 nitrogen and oxygen atoms in total. The van der Waals surface area contributed by atoms with Crippen molar-refractivity contribution in [2.24, 2.45) is 10.8 Å². The van der Waals surface area contributed by atoms with E-state index in [-0.39, 0.29) is 22.5 Å². The highest BCUT2D eigenvalue weighted by Gasteiger charge is 2.62. The van der Waals surface area contributed by atoms with Gasteiger partial charge < -0.3 is 10.4 Å². The Morgan fingerprint density at radius 3 is 2.19 bits per heavy atom.